The zero-order valence-corrected chi connectivity index (χ0v) is 12.5. The number of aromatic nitrogens is 2. The summed E-state index contributed by atoms with van der Waals surface area (Å²) in [6.07, 6.45) is 3.30. The van der Waals surface area contributed by atoms with Crippen molar-refractivity contribution in [1.29, 1.82) is 0 Å². The topological polar surface area (TPSA) is 46.4 Å². The lowest BCUT2D eigenvalue weighted by molar-refractivity contribution is 0.0935. The van der Waals surface area contributed by atoms with E-state index in [2.05, 4.69) is 10.3 Å². The van der Waals surface area contributed by atoms with Crippen LogP contribution >= 0.6 is 11.6 Å². The van der Waals surface area contributed by atoms with Crippen molar-refractivity contribution in [2.45, 2.75) is 13.0 Å². The smallest absolute Gasteiger partial charge is 0.271 e. The molecule has 112 valence electrons. The lowest BCUT2D eigenvalue weighted by Gasteiger charge is -2.13. The fourth-order valence-electron chi connectivity index (χ4n) is 2.18. The minimum atomic E-state index is -0.306. The summed E-state index contributed by atoms with van der Waals surface area (Å²) in [6.45, 7) is 1.83. The first-order valence-electron chi connectivity index (χ1n) is 6.73. The van der Waals surface area contributed by atoms with Crippen LogP contribution in [0.4, 0.5) is 4.39 Å². The molecule has 1 atom stereocenters. The van der Waals surface area contributed by atoms with Crippen LogP contribution in [-0.4, -0.2) is 15.3 Å². The summed E-state index contributed by atoms with van der Waals surface area (Å²) in [5, 5.41) is 3.40. The maximum absolute atomic E-state index is 12.9. The average molecular weight is 318 g/mol. The third-order valence-electron chi connectivity index (χ3n) is 3.37. The molecule has 1 N–H and O–H groups in total. The van der Waals surface area contributed by atoms with E-state index in [1.165, 1.54) is 12.1 Å². The number of rotatable bonds is 3. The molecule has 4 nitrogen and oxygen atoms in total. The van der Waals surface area contributed by atoms with Crippen molar-refractivity contribution in [1.82, 2.24) is 14.7 Å². The molecule has 3 rings (SSSR count). The number of hydrogen-bond acceptors (Lipinski definition) is 2. The molecule has 0 aliphatic heterocycles. The molecule has 6 heteroatoms. The normalized spacial score (nSPS) is 12.3. The van der Waals surface area contributed by atoms with Crippen LogP contribution in [0.15, 0.2) is 48.8 Å². The molecule has 3 aromatic rings. The highest BCUT2D eigenvalue weighted by molar-refractivity contribution is 6.30. The largest absolute Gasteiger partial charge is 0.344 e. The minimum absolute atomic E-state index is 0.249. The Bertz CT molecular complexity index is 829. The highest BCUT2D eigenvalue weighted by Gasteiger charge is 2.14. The van der Waals surface area contributed by atoms with Crippen molar-refractivity contribution in [2.24, 2.45) is 0 Å². The summed E-state index contributed by atoms with van der Waals surface area (Å²) in [5.41, 5.74) is 1.77. The van der Waals surface area contributed by atoms with Gasteiger partial charge in [0, 0.05) is 12.4 Å². The molecule has 2 heterocycles. The van der Waals surface area contributed by atoms with E-state index < -0.39 is 0 Å². The van der Waals surface area contributed by atoms with E-state index in [0.717, 1.165) is 5.56 Å². The van der Waals surface area contributed by atoms with Gasteiger partial charge in [-0.05, 0) is 36.8 Å². The van der Waals surface area contributed by atoms with Gasteiger partial charge in [-0.2, -0.15) is 0 Å². The number of carbonyl (C=O) groups is 1. The predicted molar refractivity (Wildman–Crippen MR) is 82.5 cm³/mol. The molecular weight excluding hydrogens is 305 g/mol. The highest BCUT2D eigenvalue weighted by Crippen LogP contribution is 2.15. The van der Waals surface area contributed by atoms with E-state index in [4.69, 9.17) is 11.6 Å². The average Bonchev–Trinajstić information content (AvgIpc) is 2.91. The van der Waals surface area contributed by atoms with E-state index >= 15 is 0 Å². The molecule has 0 radical (unpaired) electrons. The SMILES string of the molecule is C[C@@H](NC(=O)c1cn2cc(Cl)ccc2n1)c1ccc(F)cc1. The first-order valence-corrected chi connectivity index (χ1v) is 7.11. The zero-order valence-electron chi connectivity index (χ0n) is 11.8. The number of nitrogens with one attached hydrogen (secondary N) is 1. The van der Waals surface area contributed by atoms with Gasteiger partial charge in [-0.3, -0.25) is 4.79 Å². The zero-order chi connectivity index (χ0) is 15.7. The number of halogens is 2. The molecular formula is C16H13ClFN3O. The van der Waals surface area contributed by atoms with Gasteiger partial charge in [0.25, 0.3) is 5.91 Å². The Hall–Kier alpha value is -2.40. The minimum Gasteiger partial charge on any atom is -0.344 e. The van der Waals surface area contributed by atoms with Crippen molar-refractivity contribution in [3.05, 3.63) is 70.9 Å². The molecule has 0 aliphatic rings. The van der Waals surface area contributed by atoms with Crippen molar-refractivity contribution in [2.75, 3.05) is 0 Å². The summed E-state index contributed by atoms with van der Waals surface area (Å²) in [5.74, 6) is -0.601. The molecule has 0 spiro atoms. The molecule has 0 unspecified atom stereocenters. The fourth-order valence-corrected chi connectivity index (χ4v) is 2.35. The second kappa shape index (κ2) is 5.77. The van der Waals surface area contributed by atoms with Gasteiger partial charge in [0.15, 0.2) is 0 Å². The predicted octanol–water partition coefficient (Wildman–Crippen LogP) is 3.62. The van der Waals surface area contributed by atoms with Gasteiger partial charge >= 0.3 is 0 Å². The van der Waals surface area contributed by atoms with Crippen molar-refractivity contribution in [3.8, 4) is 0 Å². The van der Waals surface area contributed by atoms with Gasteiger partial charge in [-0.15, -0.1) is 0 Å². The fraction of sp³-hybridized carbons (Fsp3) is 0.125. The molecule has 0 saturated carbocycles. The van der Waals surface area contributed by atoms with Crippen LogP contribution < -0.4 is 5.32 Å². The van der Waals surface area contributed by atoms with Gasteiger partial charge < -0.3 is 9.72 Å². The summed E-state index contributed by atoms with van der Waals surface area (Å²) in [7, 11) is 0. The second-order valence-electron chi connectivity index (χ2n) is 4.99. The molecule has 0 aliphatic carbocycles. The molecule has 2 aromatic heterocycles. The van der Waals surface area contributed by atoms with Gasteiger partial charge in [-0.25, -0.2) is 9.37 Å². The van der Waals surface area contributed by atoms with Gasteiger partial charge in [0.05, 0.1) is 11.1 Å². The first kappa shape index (κ1) is 14.5. The number of hydrogen-bond donors (Lipinski definition) is 1. The van der Waals surface area contributed by atoms with Crippen LogP contribution in [0.2, 0.25) is 5.02 Å². The number of pyridine rings is 1. The van der Waals surface area contributed by atoms with Crippen LogP contribution in [0.5, 0.6) is 0 Å². The van der Waals surface area contributed by atoms with Gasteiger partial charge in [0.2, 0.25) is 0 Å². The Kier molecular flexibility index (Phi) is 3.81. The maximum Gasteiger partial charge on any atom is 0.271 e. The number of imidazole rings is 1. The Balaban J connectivity index is 1.79. The lowest BCUT2D eigenvalue weighted by atomic mass is 10.1. The summed E-state index contributed by atoms with van der Waals surface area (Å²) < 4.78 is 14.6. The molecule has 1 amide bonds. The van der Waals surface area contributed by atoms with Crippen LogP contribution in [0.1, 0.15) is 29.0 Å². The van der Waals surface area contributed by atoms with Gasteiger partial charge in [0.1, 0.15) is 17.2 Å². The molecule has 0 saturated heterocycles. The van der Waals surface area contributed by atoms with E-state index in [9.17, 15) is 9.18 Å². The Morgan fingerprint density at radius 1 is 1.23 bits per heavy atom. The molecule has 1 aromatic carbocycles. The second-order valence-corrected chi connectivity index (χ2v) is 5.42. The number of amides is 1. The van der Waals surface area contributed by atoms with Crippen LogP contribution in [0, 0.1) is 5.82 Å². The van der Waals surface area contributed by atoms with Crippen LogP contribution in [0.3, 0.4) is 0 Å². The Morgan fingerprint density at radius 3 is 2.68 bits per heavy atom. The Morgan fingerprint density at radius 2 is 1.95 bits per heavy atom. The summed E-state index contributed by atoms with van der Waals surface area (Å²) in [4.78, 5) is 16.5. The monoisotopic (exact) mass is 317 g/mol. The third kappa shape index (κ3) is 2.94. The van der Waals surface area contributed by atoms with Crippen molar-refractivity contribution >= 4 is 23.2 Å². The standard InChI is InChI=1S/C16H13ClFN3O/c1-10(11-2-5-13(18)6-3-11)19-16(22)14-9-21-8-12(17)4-7-15(21)20-14/h2-10H,1H3,(H,19,22)/t10-/m1/s1. The lowest BCUT2D eigenvalue weighted by Crippen LogP contribution is -2.26. The first-order chi connectivity index (χ1) is 10.5. The van der Waals surface area contributed by atoms with E-state index in [-0.39, 0.29) is 17.8 Å². The molecule has 0 bridgehead atoms. The van der Waals surface area contributed by atoms with Crippen LogP contribution in [0.25, 0.3) is 5.65 Å². The number of benzene rings is 1. The van der Waals surface area contributed by atoms with E-state index in [1.807, 2.05) is 6.92 Å². The molecule has 0 fully saturated rings. The third-order valence-corrected chi connectivity index (χ3v) is 3.59. The van der Waals surface area contributed by atoms with Crippen molar-refractivity contribution in [3.63, 3.8) is 0 Å². The quantitative estimate of drug-likeness (QED) is 0.802. The summed E-state index contributed by atoms with van der Waals surface area (Å²) >= 11 is 5.90. The highest BCUT2D eigenvalue weighted by atomic mass is 35.5. The number of carbonyl (C=O) groups excluding carboxylic acids is 1. The van der Waals surface area contributed by atoms with Gasteiger partial charge in [-0.1, -0.05) is 23.7 Å². The number of fused-ring (bicyclic) bond motifs is 1. The molecule has 22 heavy (non-hydrogen) atoms. The Labute approximate surface area is 131 Å². The summed E-state index contributed by atoms with van der Waals surface area (Å²) in [6, 6.07) is 9.22. The maximum atomic E-state index is 12.9. The van der Waals surface area contributed by atoms with E-state index in [0.29, 0.717) is 16.4 Å². The number of nitrogens with zero attached hydrogens (tertiary/aromatic N) is 2. The van der Waals surface area contributed by atoms with Crippen LogP contribution in [-0.2, 0) is 0 Å². The van der Waals surface area contributed by atoms with E-state index in [1.54, 1.807) is 41.1 Å². The van der Waals surface area contributed by atoms with Crippen molar-refractivity contribution < 1.29 is 9.18 Å².